The fraction of sp³-hybridized carbons (Fsp3) is 0.500. The van der Waals surface area contributed by atoms with Gasteiger partial charge in [0.1, 0.15) is 11.3 Å². The molecule has 1 aromatic heterocycles. The lowest BCUT2D eigenvalue weighted by atomic mass is 9.93. The summed E-state index contributed by atoms with van der Waals surface area (Å²) in [5, 5.41) is 4.62. The Balaban J connectivity index is 2.22. The van der Waals surface area contributed by atoms with Crippen molar-refractivity contribution in [2.75, 3.05) is 13.1 Å². The summed E-state index contributed by atoms with van der Waals surface area (Å²) >= 11 is 0. The molecular weight excluding hydrogens is 222 g/mol. The van der Waals surface area contributed by atoms with Gasteiger partial charge in [0, 0.05) is 11.3 Å². The van der Waals surface area contributed by atoms with E-state index in [0.29, 0.717) is 11.8 Å². The van der Waals surface area contributed by atoms with Crippen LogP contribution in [0.2, 0.25) is 0 Å². The Hall–Kier alpha value is -1.28. The molecule has 0 spiro atoms. The average molecular weight is 245 g/mol. The number of para-hydroxylation sites is 1. The highest BCUT2D eigenvalue weighted by Gasteiger charge is 2.18. The maximum atomic E-state index is 6.03. The molecule has 0 aliphatic carbocycles. The minimum Gasteiger partial charge on any atom is -0.461 e. The highest BCUT2D eigenvalue weighted by molar-refractivity contribution is 5.81. The second-order valence-corrected chi connectivity index (χ2v) is 5.22. The number of hydrogen-bond donors (Lipinski definition) is 1. The molecule has 0 aliphatic heterocycles. The number of rotatable bonds is 5. The van der Waals surface area contributed by atoms with E-state index < -0.39 is 0 Å². The van der Waals surface area contributed by atoms with Crippen LogP contribution in [0.25, 0.3) is 11.0 Å². The van der Waals surface area contributed by atoms with Crippen LogP contribution < -0.4 is 5.32 Å². The molecule has 98 valence electrons. The largest absolute Gasteiger partial charge is 0.461 e. The third-order valence-corrected chi connectivity index (χ3v) is 3.78. The van der Waals surface area contributed by atoms with Gasteiger partial charge in [-0.15, -0.1) is 0 Å². The van der Waals surface area contributed by atoms with Gasteiger partial charge >= 0.3 is 0 Å². The minimum atomic E-state index is 0.441. The number of fused-ring (bicyclic) bond motifs is 1. The first-order valence-corrected chi connectivity index (χ1v) is 6.83. The summed E-state index contributed by atoms with van der Waals surface area (Å²) in [7, 11) is 0. The van der Waals surface area contributed by atoms with Gasteiger partial charge < -0.3 is 9.73 Å². The molecule has 0 saturated carbocycles. The summed E-state index contributed by atoms with van der Waals surface area (Å²) < 4.78 is 6.03. The molecule has 0 bridgehead atoms. The van der Waals surface area contributed by atoms with Crippen molar-refractivity contribution in [1.82, 2.24) is 5.32 Å². The maximum absolute atomic E-state index is 6.03. The van der Waals surface area contributed by atoms with E-state index in [4.69, 9.17) is 4.42 Å². The molecule has 0 radical (unpaired) electrons. The van der Waals surface area contributed by atoms with Crippen LogP contribution in [0.15, 0.2) is 28.7 Å². The Labute approximate surface area is 109 Å². The van der Waals surface area contributed by atoms with E-state index in [1.807, 2.05) is 0 Å². The summed E-state index contributed by atoms with van der Waals surface area (Å²) in [6, 6.07) is 8.50. The van der Waals surface area contributed by atoms with Gasteiger partial charge in [-0.05, 0) is 37.6 Å². The third kappa shape index (κ3) is 2.59. The molecule has 2 heteroatoms. The van der Waals surface area contributed by atoms with E-state index in [1.54, 1.807) is 0 Å². The van der Waals surface area contributed by atoms with Gasteiger partial charge in [0.25, 0.3) is 0 Å². The summed E-state index contributed by atoms with van der Waals surface area (Å²) in [5.41, 5.74) is 2.25. The second kappa shape index (κ2) is 5.57. The van der Waals surface area contributed by atoms with Crippen molar-refractivity contribution in [2.45, 2.75) is 33.6 Å². The number of benzene rings is 1. The van der Waals surface area contributed by atoms with Gasteiger partial charge in [0.15, 0.2) is 0 Å². The average Bonchev–Trinajstić information content (AvgIpc) is 2.80. The molecule has 2 rings (SSSR count). The topological polar surface area (TPSA) is 25.2 Å². The predicted octanol–water partition coefficient (Wildman–Crippen LogP) is 4.09. The van der Waals surface area contributed by atoms with Crippen molar-refractivity contribution in [3.8, 4) is 0 Å². The molecule has 0 fully saturated rings. The molecule has 2 aromatic rings. The SMILES string of the molecule is CCNCC(C)C(C)c1cc2cccc(C)c2o1. The van der Waals surface area contributed by atoms with Gasteiger partial charge in [-0.1, -0.05) is 39.0 Å². The first-order chi connectivity index (χ1) is 8.63. The molecule has 2 atom stereocenters. The predicted molar refractivity (Wildman–Crippen MR) is 77.1 cm³/mol. The lowest BCUT2D eigenvalue weighted by Crippen LogP contribution is -2.23. The van der Waals surface area contributed by atoms with Crippen LogP contribution in [0.1, 0.15) is 38.0 Å². The van der Waals surface area contributed by atoms with E-state index in [-0.39, 0.29) is 0 Å². The number of hydrogen-bond acceptors (Lipinski definition) is 2. The van der Waals surface area contributed by atoms with Gasteiger partial charge in [0.05, 0.1) is 0 Å². The molecular formula is C16H23NO. The smallest absolute Gasteiger partial charge is 0.137 e. The molecule has 2 unspecified atom stereocenters. The number of furan rings is 1. The van der Waals surface area contributed by atoms with E-state index in [1.165, 1.54) is 10.9 Å². The van der Waals surface area contributed by atoms with Crippen LogP contribution in [0, 0.1) is 12.8 Å². The molecule has 0 aliphatic rings. The molecule has 2 nitrogen and oxygen atoms in total. The van der Waals surface area contributed by atoms with Crippen LogP contribution in [0.5, 0.6) is 0 Å². The highest BCUT2D eigenvalue weighted by atomic mass is 16.3. The monoisotopic (exact) mass is 245 g/mol. The lowest BCUT2D eigenvalue weighted by Gasteiger charge is -2.17. The Morgan fingerprint density at radius 1 is 1.28 bits per heavy atom. The number of nitrogens with one attached hydrogen (secondary N) is 1. The molecule has 0 saturated heterocycles. The molecule has 1 heterocycles. The normalized spacial score (nSPS) is 14.9. The van der Waals surface area contributed by atoms with Gasteiger partial charge in [-0.3, -0.25) is 0 Å². The van der Waals surface area contributed by atoms with Crippen LogP contribution in [-0.4, -0.2) is 13.1 Å². The van der Waals surface area contributed by atoms with Crippen molar-refractivity contribution in [3.05, 3.63) is 35.6 Å². The van der Waals surface area contributed by atoms with Crippen molar-refractivity contribution >= 4 is 11.0 Å². The van der Waals surface area contributed by atoms with Crippen LogP contribution in [0.3, 0.4) is 0 Å². The van der Waals surface area contributed by atoms with Crippen LogP contribution in [-0.2, 0) is 0 Å². The fourth-order valence-electron chi connectivity index (χ4n) is 2.28. The molecule has 0 amide bonds. The Morgan fingerprint density at radius 2 is 2.06 bits per heavy atom. The first kappa shape index (κ1) is 13.2. The summed E-state index contributed by atoms with van der Waals surface area (Å²) in [4.78, 5) is 0. The van der Waals surface area contributed by atoms with Crippen LogP contribution in [0.4, 0.5) is 0 Å². The van der Waals surface area contributed by atoms with E-state index in [2.05, 4.69) is 57.3 Å². The number of aryl methyl sites for hydroxylation is 1. The zero-order valence-electron chi connectivity index (χ0n) is 11.8. The summed E-state index contributed by atoms with van der Waals surface area (Å²) in [6.45, 7) is 10.8. The highest BCUT2D eigenvalue weighted by Crippen LogP contribution is 2.30. The quantitative estimate of drug-likeness (QED) is 0.858. The lowest BCUT2D eigenvalue weighted by molar-refractivity contribution is 0.394. The van der Waals surface area contributed by atoms with Crippen molar-refractivity contribution < 1.29 is 4.42 Å². The van der Waals surface area contributed by atoms with E-state index in [0.717, 1.165) is 24.4 Å². The Bertz CT molecular complexity index is 515. The van der Waals surface area contributed by atoms with Crippen LogP contribution >= 0.6 is 0 Å². The van der Waals surface area contributed by atoms with Gasteiger partial charge in [0.2, 0.25) is 0 Å². The Morgan fingerprint density at radius 3 is 2.72 bits per heavy atom. The minimum absolute atomic E-state index is 0.441. The molecule has 1 N–H and O–H groups in total. The van der Waals surface area contributed by atoms with Gasteiger partial charge in [-0.25, -0.2) is 0 Å². The summed E-state index contributed by atoms with van der Waals surface area (Å²) in [6.07, 6.45) is 0. The van der Waals surface area contributed by atoms with Gasteiger partial charge in [-0.2, -0.15) is 0 Å². The second-order valence-electron chi connectivity index (χ2n) is 5.22. The Kier molecular flexibility index (Phi) is 4.07. The fourth-order valence-corrected chi connectivity index (χ4v) is 2.28. The molecule has 1 aromatic carbocycles. The van der Waals surface area contributed by atoms with Crippen molar-refractivity contribution in [2.24, 2.45) is 5.92 Å². The zero-order valence-corrected chi connectivity index (χ0v) is 11.8. The molecule has 18 heavy (non-hydrogen) atoms. The van der Waals surface area contributed by atoms with Crippen molar-refractivity contribution in [1.29, 1.82) is 0 Å². The maximum Gasteiger partial charge on any atom is 0.137 e. The van der Waals surface area contributed by atoms with Crippen molar-refractivity contribution in [3.63, 3.8) is 0 Å². The third-order valence-electron chi connectivity index (χ3n) is 3.78. The summed E-state index contributed by atoms with van der Waals surface area (Å²) in [5.74, 6) is 2.12. The zero-order chi connectivity index (χ0) is 13.1. The van der Waals surface area contributed by atoms with E-state index in [9.17, 15) is 0 Å². The van der Waals surface area contributed by atoms with E-state index >= 15 is 0 Å². The first-order valence-electron chi connectivity index (χ1n) is 6.83. The standard InChI is InChI=1S/C16H23NO/c1-5-17-10-12(3)13(4)15-9-14-8-6-7-11(2)16(14)18-15/h6-9,12-13,17H,5,10H2,1-4H3.